The molecule has 0 aliphatic rings. The van der Waals surface area contributed by atoms with Crippen molar-refractivity contribution in [2.45, 2.75) is 13.3 Å². The second kappa shape index (κ2) is 5.42. The number of carbonyl (C=O) groups excluding carboxylic acids is 2. The molecule has 0 radical (unpaired) electrons. The van der Waals surface area contributed by atoms with Crippen LogP contribution in [0, 0.1) is 6.92 Å². The van der Waals surface area contributed by atoms with Crippen LogP contribution in [0.15, 0.2) is 18.2 Å². The largest absolute Gasteiger partial charge is 0.465 e. The van der Waals surface area contributed by atoms with Gasteiger partial charge in [0.05, 0.1) is 12.7 Å². The Hall–Kier alpha value is -1.68. The van der Waals surface area contributed by atoms with Crippen LogP contribution in [-0.2, 0) is 4.74 Å². The molecule has 0 amide bonds. The highest BCUT2D eigenvalue weighted by Gasteiger charge is 2.11. The highest BCUT2D eigenvalue weighted by Crippen LogP contribution is 2.13. The Morgan fingerprint density at radius 3 is 2.56 bits per heavy atom. The smallest absolute Gasteiger partial charge is 0.338 e. The molecule has 0 unspecified atom stereocenters. The number of hydrogen-bond donors (Lipinski definition) is 1. The Balaban J connectivity index is 2.99. The van der Waals surface area contributed by atoms with E-state index in [4.69, 9.17) is 5.73 Å². The highest BCUT2D eigenvalue weighted by molar-refractivity contribution is 5.98. The Labute approximate surface area is 94.4 Å². The zero-order chi connectivity index (χ0) is 12.1. The average Bonchev–Trinajstić information content (AvgIpc) is 2.28. The Bertz CT molecular complexity index is 413. The fourth-order valence-corrected chi connectivity index (χ4v) is 1.45. The Morgan fingerprint density at radius 1 is 1.38 bits per heavy atom. The summed E-state index contributed by atoms with van der Waals surface area (Å²) >= 11 is 0. The van der Waals surface area contributed by atoms with Crippen LogP contribution in [0.1, 0.15) is 32.7 Å². The summed E-state index contributed by atoms with van der Waals surface area (Å²) in [5, 5.41) is 0. The van der Waals surface area contributed by atoms with Crippen LogP contribution in [0.2, 0.25) is 0 Å². The predicted molar refractivity (Wildman–Crippen MR) is 60.5 cm³/mol. The number of hydrogen-bond acceptors (Lipinski definition) is 4. The summed E-state index contributed by atoms with van der Waals surface area (Å²) in [5.74, 6) is -0.405. The van der Waals surface area contributed by atoms with Crippen LogP contribution in [0.5, 0.6) is 0 Å². The van der Waals surface area contributed by atoms with Gasteiger partial charge in [0.25, 0.3) is 0 Å². The van der Waals surface area contributed by atoms with Crippen LogP contribution >= 0.6 is 0 Å². The quantitative estimate of drug-likeness (QED) is 0.614. The number of nitrogens with two attached hydrogens (primary N) is 1. The number of carbonyl (C=O) groups is 2. The third-order valence-corrected chi connectivity index (χ3v) is 2.33. The maximum absolute atomic E-state index is 11.6. The lowest BCUT2D eigenvalue weighted by Crippen LogP contribution is -2.10. The van der Waals surface area contributed by atoms with E-state index in [-0.39, 0.29) is 5.78 Å². The van der Waals surface area contributed by atoms with E-state index in [1.54, 1.807) is 25.1 Å². The lowest BCUT2D eigenvalue weighted by atomic mass is 10.0. The zero-order valence-corrected chi connectivity index (χ0v) is 9.45. The summed E-state index contributed by atoms with van der Waals surface area (Å²) in [4.78, 5) is 22.9. The molecule has 4 nitrogen and oxygen atoms in total. The molecule has 1 aromatic carbocycles. The maximum atomic E-state index is 11.6. The van der Waals surface area contributed by atoms with E-state index in [9.17, 15) is 9.59 Å². The first-order valence-electron chi connectivity index (χ1n) is 5.02. The van der Waals surface area contributed by atoms with Crippen molar-refractivity contribution < 1.29 is 14.3 Å². The number of Topliss-reactive ketones (excluding diaryl/α,β-unsaturated/α-hetero) is 1. The summed E-state index contributed by atoms with van der Waals surface area (Å²) in [6.07, 6.45) is 0.316. The molecule has 0 aliphatic heterocycles. The van der Waals surface area contributed by atoms with E-state index < -0.39 is 5.97 Å². The van der Waals surface area contributed by atoms with Crippen molar-refractivity contribution in [3.63, 3.8) is 0 Å². The van der Waals surface area contributed by atoms with Gasteiger partial charge in [0.1, 0.15) is 0 Å². The molecule has 0 atom stereocenters. The molecule has 0 aliphatic carbocycles. The summed E-state index contributed by atoms with van der Waals surface area (Å²) in [5.41, 5.74) is 7.10. The van der Waals surface area contributed by atoms with Crippen molar-refractivity contribution in [3.8, 4) is 0 Å². The molecule has 0 fully saturated rings. The van der Waals surface area contributed by atoms with E-state index in [1.807, 2.05) is 0 Å². The minimum absolute atomic E-state index is 0.0120. The normalized spacial score (nSPS) is 9.94. The van der Waals surface area contributed by atoms with Crippen LogP contribution in [-0.4, -0.2) is 25.4 Å². The second-order valence-electron chi connectivity index (χ2n) is 3.48. The molecule has 2 N–H and O–H groups in total. The standard InChI is InChI=1S/C12H15NO3/c1-8-7-9(11(14)5-6-13)3-4-10(8)12(15)16-2/h3-4,7H,5-6,13H2,1-2H3. The van der Waals surface area contributed by atoms with Gasteiger partial charge in [0.2, 0.25) is 0 Å². The van der Waals surface area contributed by atoms with Crippen molar-refractivity contribution in [1.82, 2.24) is 0 Å². The van der Waals surface area contributed by atoms with Gasteiger partial charge in [-0.15, -0.1) is 0 Å². The van der Waals surface area contributed by atoms with E-state index in [2.05, 4.69) is 4.74 Å². The monoisotopic (exact) mass is 221 g/mol. The van der Waals surface area contributed by atoms with Gasteiger partial charge in [-0.2, -0.15) is 0 Å². The molecule has 1 rings (SSSR count). The molecule has 0 saturated heterocycles. The van der Waals surface area contributed by atoms with Gasteiger partial charge in [0.15, 0.2) is 5.78 Å². The molecule has 86 valence electrons. The first-order valence-corrected chi connectivity index (χ1v) is 5.02. The molecular weight excluding hydrogens is 206 g/mol. The van der Waals surface area contributed by atoms with Gasteiger partial charge in [-0.1, -0.05) is 6.07 Å². The number of ether oxygens (including phenoxy) is 1. The maximum Gasteiger partial charge on any atom is 0.338 e. The van der Waals surface area contributed by atoms with Crippen molar-refractivity contribution in [2.75, 3.05) is 13.7 Å². The molecule has 4 heteroatoms. The van der Waals surface area contributed by atoms with Crippen molar-refractivity contribution in [3.05, 3.63) is 34.9 Å². The summed E-state index contributed by atoms with van der Waals surface area (Å²) in [7, 11) is 1.33. The first kappa shape index (κ1) is 12.4. The number of methoxy groups -OCH3 is 1. The van der Waals surface area contributed by atoms with Gasteiger partial charge in [0, 0.05) is 12.0 Å². The SMILES string of the molecule is COC(=O)c1ccc(C(=O)CCN)cc1C. The third-order valence-electron chi connectivity index (χ3n) is 2.33. The third kappa shape index (κ3) is 2.67. The molecule has 0 aromatic heterocycles. The summed E-state index contributed by atoms with van der Waals surface area (Å²) < 4.78 is 4.62. The van der Waals surface area contributed by atoms with Gasteiger partial charge < -0.3 is 10.5 Å². The van der Waals surface area contributed by atoms with E-state index in [0.717, 1.165) is 5.56 Å². The van der Waals surface area contributed by atoms with Crippen LogP contribution in [0.4, 0.5) is 0 Å². The second-order valence-corrected chi connectivity index (χ2v) is 3.48. The first-order chi connectivity index (χ1) is 7.60. The minimum atomic E-state index is -0.393. The van der Waals surface area contributed by atoms with E-state index >= 15 is 0 Å². The molecule has 1 aromatic rings. The van der Waals surface area contributed by atoms with Crippen LogP contribution in [0.25, 0.3) is 0 Å². The number of aryl methyl sites for hydroxylation is 1. The number of benzene rings is 1. The number of esters is 1. The molecule has 0 bridgehead atoms. The number of rotatable bonds is 4. The topological polar surface area (TPSA) is 69.4 Å². The molecule has 0 heterocycles. The predicted octanol–water partition coefficient (Wildman–Crippen LogP) is 1.31. The van der Waals surface area contributed by atoms with Crippen LogP contribution in [0.3, 0.4) is 0 Å². The molecule has 0 saturated carbocycles. The highest BCUT2D eigenvalue weighted by atomic mass is 16.5. The fraction of sp³-hybridized carbons (Fsp3) is 0.333. The van der Waals surface area contributed by atoms with Gasteiger partial charge in [-0.05, 0) is 31.2 Å². The van der Waals surface area contributed by atoms with Gasteiger partial charge in [-0.25, -0.2) is 4.79 Å². The zero-order valence-electron chi connectivity index (χ0n) is 9.45. The van der Waals surface area contributed by atoms with Crippen molar-refractivity contribution in [2.24, 2.45) is 5.73 Å². The van der Waals surface area contributed by atoms with E-state index in [0.29, 0.717) is 24.1 Å². The average molecular weight is 221 g/mol. The van der Waals surface area contributed by atoms with Gasteiger partial charge >= 0.3 is 5.97 Å². The number of ketones is 1. The minimum Gasteiger partial charge on any atom is -0.465 e. The van der Waals surface area contributed by atoms with Crippen LogP contribution < -0.4 is 5.73 Å². The van der Waals surface area contributed by atoms with Gasteiger partial charge in [-0.3, -0.25) is 4.79 Å². The lowest BCUT2D eigenvalue weighted by molar-refractivity contribution is 0.0599. The molecular formula is C12H15NO3. The van der Waals surface area contributed by atoms with Crippen molar-refractivity contribution >= 4 is 11.8 Å². The molecule has 16 heavy (non-hydrogen) atoms. The summed E-state index contributed by atoms with van der Waals surface area (Å²) in [6, 6.07) is 4.91. The van der Waals surface area contributed by atoms with Crippen molar-refractivity contribution in [1.29, 1.82) is 0 Å². The summed E-state index contributed by atoms with van der Waals surface area (Å²) in [6.45, 7) is 2.10. The fourth-order valence-electron chi connectivity index (χ4n) is 1.45. The molecule has 0 spiro atoms. The lowest BCUT2D eigenvalue weighted by Gasteiger charge is -2.06. The Morgan fingerprint density at radius 2 is 2.06 bits per heavy atom. The van der Waals surface area contributed by atoms with E-state index in [1.165, 1.54) is 7.11 Å². The Kier molecular flexibility index (Phi) is 4.19.